The van der Waals surface area contributed by atoms with E-state index >= 15 is 0 Å². The van der Waals surface area contributed by atoms with Gasteiger partial charge in [-0.2, -0.15) is 0 Å². The average Bonchev–Trinajstić information content (AvgIpc) is 3.31. The number of benzene rings is 2. The summed E-state index contributed by atoms with van der Waals surface area (Å²) < 4.78 is 32.2. The van der Waals surface area contributed by atoms with Crippen LogP contribution in [0.2, 0.25) is 10.0 Å². The summed E-state index contributed by atoms with van der Waals surface area (Å²) in [5.74, 6) is 1.12. The Balaban J connectivity index is 0.000000305. The van der Waals surface area contributed by atoms with Gasteiger partial charge in [-0.15, -0.1) is 0 Å². The van der Waals surface area contributed by atoms with Crippen LogP contribution >= 0.6 is 23.2 Å². The van der Waals surface area contributed by atoms with Crippen molar-refractivity contribution in [3.05, 3.63) is 93.4 Å². The molecule has 1 saturated heterocycles. The Kier molecular flexibility index (Phi) is 7.99. The molecule has 2 heterocycles. The molecule has 1 aliphatic rings. The SMILES string of the molecule is Cc1ccc(C(C)(C)CC2NCC(c3cccc(Cl)c3F)C2N)o1.Fc1cccc(Cl)c1. The van der Waals surface area contributed by atoms with E-state index < -0.39 is 0 Å². The number of nitrogens with two attached hydrogens (primary N) is 1. The van der Waals surface area contributed by atoms with E-state index in [1.807, 2.05) is 19.1 Å². The highest BCUT2D eigenvalue weighted by Gasteiger charge is 2.39. The van der Waals surface area contributed by atoms with E-state index in [0.29, 0.717) is 17.1 Å². The Morgan fingerprint density at radius 3 is 2.41 bits per heavy atom. The second-order valence-corrected chi connectivity index (χ2v) is 9.62. The normalized spacial score (nSPS) is 20.7. The number of hydrogen-bond acceptors (Lipinski definition) is 3. The van der Waals surface area contributed by atoms with E-state index in [1.54, 1.807) is 30.3 Å². The van der Waals surface area contributed by atoms with Crippen molar-refractivity contribution in [1.82, 2.24) is 5.32 Å². The van der Waals surface area contributed by atoms with Crippen LogP contribution in [0.4, 0.5) is 8.78 Å². The largest absolute Gasteiger partial charge is 0.466 e. The molecule has 1 aliphatic heterocycles. The Morgan fingerprint density at radius 2 is 1.81 bits per heavy atom. The molecular weight excluding hydrogens is 453 g/mol. The zero-order chi connectivity index (χ0) is 23.5. The lowest BCUT2D eigenvalue weighted by Crippen LogP contribution is -2.42. The third kappa shape index (κ3) is 5.90. The third-order valence-corrected chi connectivity index (χ3v) is 6.36. The van der Waals surface area contributed by atoms with Gasteiger partial charge in [0.15, 0.2) is 0 Å². The van der Waals surface area contributed by atoms with Gasteiger partial charge in [-0.1, -0.05) is 55.2 Å². The maximum atomic E-state index is 14.3. The van der Waals surface area contributed by atoms with Crippen molar-refractivity contribution < 1.29 is 13.2 Å². The lowest BCUT2D eigenvalue weighted by molar-refractivity contribution is 0.312. The van der Waals surface area contributed by atoms with Crippen LogP contribution in [0.1, 0.15) is 43.3 Å². The molecule has 3 aromatic rings. The topological polar surface area (TPSA) is 51.2 Å². The molecule has 7 heteroatoms. The zero-order valence-electron chi connectivity index (χ0n) is 18.3. The van der Waals surface area contributed by atoms with Crippen molar-refractivity contribution >= 4 is 23.2 Å². The van der Waals surface area contributed by atoms with E-state index in [4.69, 9.17) is 33.4 Å². The Bertz CT molecular complexity index is 1040. The van der Waals surface area contributed by atoms with Gasteiger partial charge in [0.05, 0.1) is 5.02 Å². The van der Waals surface area contributed by atoms with E-state index in [1.165, 1.54) is 12.1 Å². The maximum absolute atomic E-state index is 14.3. The predicted molar refractivity (Wildman–Crippen MR) is 126 cm³/mol. The summed E-state index contributed by atoms with van der Waals surface area (Å²) >= 11 is 11.3. The number of halogens is 4. The predicted octanol–water partition coefficient (Wildman–Crippen LogP) is 6.61. The van der Waals surface area contributed by atoms with Gasteiger partial charge in [0, 0.05) is 35.0 Å². The Hall–Kier alpha value is -1.92. The summed E-state index contributed by atoms with van der Waals surface area (Å²) in [6.07, 6.45) is 0.819. The molecule has 1 aromatic heterocycles. The van der Waals surface area contributed by atoms with E-state index in [9.17, 15) is 8.78 Å². The van der Waals surface area contributed by atoms with Crippen LogP contribution in [-0.4, -0.2) is 18.6 Å². The number of furan rings is 1. The van der Waals surface area contributed by atoms with Gasteiger partial charge in [-0.25, -0.2) is 8.78 Å². The summed E-state index contributed by atoms with van der Waals surface area (Å²) in [4.78, 5) is 0. The molecule has 3 unspecified atom stereocenters. The summed E-state index contributed by atoms with van der Waals surface area (Å²) in [6, 6.07) is 14.8. The van der Waals surface area contributed by atoms with Gasteiger partial charge in [0.1, 0.15) is 23.2 Å². The molecule has 0 saturated carbocycles. The van der Waals surface area contributed by atoms with Crippen LogP contribution in [-0.2, 0) is 5.41 Å². The minimum absolute atomic E-state index is 0.0807. The average molecular weight is 481 g/mol. The van der Waals surface area contributed by atoms with Crippen molar-refractivity contribution in [1.29, 1.82) is 0 Å². The van der Waals surface area contributed by atoms with Crippen LogP contribution in [0, 0.1) is 18.6 Å². The molecule has 3 atom stereocenters. The number of nitrogens with one attached hydrogen (secondary N) is 1. The highest BCUT2D eigenvalue weighted by Crippen LogP contribution is 2.36. The summed E-state index contributed by atoms with van der Waals surface area (Å²) in [5, 5.41) is 4.04. The van der Waals surface area contributed by atoms with E-state index in [-0.39, 0.29) is 40.1 Å². The molecule has 0 aliphatic carbocycles. The van der Waals surface area contributed by atoms with Gasteiger partial charge >= 0.3 is 0 Å². The lowest BCUT2D eigenvalue weighted by atomic mass is 9.80. The van der Waals surface area contributed by atoms with Crippen LogP contribution in [0.3, 0.4) is 0 Å². The first-order valence-electron chi connectivity index (χ1n) is 10.5. The molecule has 3 nitrogen and oxygen atoms in total. The van der Waals surface area contributed by atoms with Crippen LogP contribution in [0.15, 0.2) is 59.0 Å². The number of rotatable bonds is 4. The van der Waals surface area contributed by atoms with Crippen molar-refractivity contribution in [2.24, 2.45) is 5.73 Å². The van der Waals surface area contributed by atoms with Gasteiger partial charge < -0.3 is 15.5 Å². The standard InChI is InChI=1S/C19H24ClFN2O.C6H4ClF/c1-11-7-8-16(24-11)19(2,3)9-15-18(22)13(10-23-15)12-5-4-6-14(20)17(12)21;7-5-2-1-3-6(8)4-5/h4-8,13,15,18,23H,9-10,22H2,1-3H3;1-4H. The quantitative estimate of drug-likeness (QED) is 0.441. The zero-order valence-corrected chi connectivity index (χ0v) is 19.9. The summed E-state index contributed by atoms with van der Waals surface area (Å²) in [7, 11) is 0. The molecule has 0 bridgehead atoms. The van der Waals surface area contributed by atoms with Crippen molar-refractivity contribution in [2.75, 3.05) is 6.54 Å². The maximum Gasteiger partial charge on any atom is 0.145 e. The van der Waals surface area contributed by atoms with E-state index in [0.717, 1.165) is 17.9 Å². The van der Waals surface area contributed by atoms with E-state index in [2.05, 4.69) is 19.2 Å². The first-order valence-corrected chi connectivity index (χ1v) is 11.2. The molecule has 172 valence electrons. The molecule has 3 N–H and O–H groups in total. The highest BCUT2D eigenvalue weighted by molar-refractivity contribution is 6.31. The van der Waals surface area contributed by atoms with Crippen LogP contribution in [0.25, 0.3) is 0 Å². The molecule has 2 aromatic carbocycles. The molecule has 1 fully saturated rings. The van der Waals surface area contributed by atoms with Crippen LogP contribution < -0.4 is 11.1 Å². The smallest absolute Gasteiger partial charge is 0.145 e. The second kappa shape index (κ2) is 10.3. The molecule has 0 spiro atoms. The molecule has 0 amide bonds. The fraction of sp³-hybridized carbons (Fsp3) is 0.360. The van der Waals surface area contributed by atoms with Crippen molar-refractivity contribution in [2.45, 2.75) is 50.6 Å². The first-order chi connectivity index (χ1) is 15.1. The van der Waals surface area contributed by atoms with Crippen LogP contribution in [0.5, 0.6) is 0 Å². The fourth-order valence-electron chi connectivity index (χ4n) is 4.07. The minimum atomic E-state index is -0.358. The monoisotopic (exact) mass is 480 g/mol. The van der Waals surface area contributed by atoms with Gasteiger partial charge in [-0.05, 0) is 55.3 Å². The second-order valence-electron chi connectivity index (χ2n) is 8.78. The molecule has 32 heavy (non-hydrogen) atoms. The minimum Gasteiger partial charge on any atom is -0.466 e. The first kappa shape index (κ1) is 24.7. The molecule has 0 radical (unpaired) electrons. The lowest BCUT2D eigenvalue weighted by Gasteiger charge is -2.29. The van der Waals surface area contributed by atoms with Gasteiger partial charge in [-0.3, -0.25) is 0 Å². The van der Waals surface area contributed by atoms with Crippen molar-refractivity contribution in [3.63, 3.8) is 0 Å². The Labute approximate surface area is 197 Å². The van der Waals surface area contributed by atoms with Gasteiger partial charge in [0.2, 0.25) is 0 Å². The highest BCUT2D eigenvalue weighted by atomic mass is 35.5. The summed E-state index contributed by atoms with van der Waals surface area (Å²) in [6.45, 7) is 6.88. The third-order valence-electron chi connectivity index (χ3n) is 5.83. The fourth-order valence-corrected chi connectivity index (χ4v) is 4.43. The Morgan fingerprint density at radius 1 is 1.09 bits per heavy atom. The molecule has 4 rings (SSSR count). The number of aryl methyl sites for hydroxylation is 1. The van der Waals surface area contributed by atoms with Crippen molar-refractivity contribution in [3.8, 4) is 0 Å². The molecular formula is C25H28Cl2F2N2O. The summed E-state index contributed by atoms with van der Waals surface area (Å²) in [5.41, 5.74) is 6.91. The van der Waals surface area contributed by atoms with Gasteiger partial charge in [0.25, 0.3) is 0 Å². The number of hydrogen-bond donors (Lipinski definition) is 2.